The molecule has 0 fully saturated rings. The molecule has 0 saturated heterocycles. The van der Waals surface area contributed by atoms with Gasteiger partial charge < -0.3 is 18.4 Å². The third-order valence-electron chi connectivity index (χ3n) is 2.36. The van der Waals surface area contributed by atoms with Gasteiger partial charge in [0.1, 0.15) is 16.6 Å². The molecule has 5 heteroatoms. The second kappa shape index (κ2) is 3.95. The van der Waals surface area contributed by atoms with Crippen molar-refractivity contribution < 1.29 is 18.4 Å². The minimum absolute atomic E-state index is 0.115. The van der Waals surface area contributed by atoms with Gasteiger partial charge in [-0.3, -0.25) is 0 Å². The molecule has 4 nitrogen and oxygen atoms in total. The van der Waals surface area contributed by atoms with Gasteiger partial charge in [-0.25, -0.2) is 0 Å². The first-order valence-corrected chi connectivity index (χ1v) is 6.11. The summed E-state index contributed by atoms with van der Waals surface area (Å²) in [6, 6.07) is 10.1. The van der Waals surface area contributed by atoms with Crippen molar-refractivity contribution in [3.05, 3.63) is 36.4 Å². The van der Waals surface area contributed by atoms with Crippen LogP contribution in [0.2, 0.25) is 0 Å². The molecule has 2 aromatic rings. The van der Waals surface area contributed by atoms with Crippen LogP contribution in [0.5, 0.6) is 5.75 Å². The van der Waals surface area contributed by atoms with Gasteiger partial charge in [0.25, 0.3) is 0 Å². The van der Waals surface area contributed by atoms with Crippen molar-refractivity contribution in [3.8, 4) is 5.75 Å². The fraction of sp³-hybridized carbons (Fsp3) is 0.0909. The van der Waals surface area contributed by atoms with Crippen LogP contribution in [0.3, 0.4) is 0 Å². The molecule has 0 unspecified atom stereocenters. The summed E-state index contributed by atoms with van der Waals surface area (Å²) in [5.74, 6) is 0.628. The molecular weight excluding hydrogens is 228 g/mol. The highest BCUT2D eigenvalue weighted by Crippen LogP contribution is 2.48. The number of benzene rings is 2. The summed E-state index contributed by atoms with van der Waals surface area (Å²) in [6.45, 7) is 0. The minimum Gasteiger partial charge on any atom is -0.496 e. The number of methoxy groups -OCH3 is 1. The lowest BCUT2D eigenvalue weighted by Gasteiger charge is -2.21. The van der Waals surface area contributed by atoms with E-state index in [0.717, 1.165) is 5.39 Å². The van der Waals surface area contributed by atoms with E-state index in [1.165, 1.54) is 6.07 Å². The summed E-state index contributed by atoms with van der Waals surface area (Å²) in [7, 11) is -2.17. The zero-order chi connectivity index (χ0) is 11.8. The first-order chi connectivity index (χ1) is 7.54. The van der Waals surface area contributed by atoms with Crippen molar-refractivity contribution in [1.82, 2.24) is 0 Å². The summed E-state index contributed by atoms with van der Waals surface area (Å²) in [5.41, 5.74) is 0. The molecule has 0 aliphatic carbocycles. The number of hydrogen-bond donors (Lipinski definition) is 3. The molecular formula is C11H12O4S. The van der Waals surface area contributed by atoms with Crippen LogP contribution >= 0.6 is 10.9 Å². The Kier molecular flexibility index (Phi) is 2.77. The molecule has 0 spiro atoms. The average Bonchev–Trinajstić information content (AvgIpc) is 2.26. The normalized spacial score (nSPS) is 12.8. The smallest absolute Gasteiger partial charge is 0.126 e. The monoisotopic (exact) mass is 240 g/mol. The lowest BCUT2D eigenvalue weighted by Crippen LogP contribution is -1.97. The third kappa shape index (κ3) is 1.85. The van der Waals surface area contributed by atoms with Gasteiger partial charge in [0.2, 0.25) is 0 Å². The summed E-state index contributed by atoms with van der Waals surface area (Å²) < 4.78 is 33.1. The van der Waals surface area contributed by atoms with Gasteiger partial charge in [0, 0.05) is 10.8 Å². The molecule has 2 rings (SSSR count). The highest BCUT2D eigenvalue weighted by Gasteiger charge is 2.19. The van der Waals surface area contributed by atoms with Crippen molar-refractivity contribution in [1.29, 1.82) is 0 Å². The number of ether oxygens (including phenoxy) is 1. The van der Waals surface area contributed by atoms with Gasteiger partial charge >= 0.3 is 0 Å². The van der Waals surface area contributed by atoms with Crippen molar-refractivity contribution in [3.63, 3.8) is 0 Å². The van der Waals surface area contributed by atoms with Crippen molar-refractivity contribution in [2.24, 2.45) is 0 Å². The lowest BCUT2D eigenvalue weighted by molar-refractivity contribution is 0.377. The molecule has 0 aliphatic rings. The van der Waals surface area contributed by atoms with Crippen LogP contribution in [0.1, 0.15) is 0 Å². The first kappa shape index (κ1) is 11.2. The highest BCUT2D eigenvalue weighted by molar-refractivity contribution is 8.19. The maximum Gasteiger partial charge on any atom is 0.126 e. The van der Waals surface area contributed by atoms with E-state index in [2.05, 4.69) is 0 Å². The second-order valence-electron chi connectivity index (χ2n) is 3.33. The van der Waals surface area contributed by atoms with E-state index in [-0.39, 0.29) is 4.90 Å². The molecule has 0 saturated carbocycles. The third-order valence-corrected chi connectivity index (χ3v) is 3.31. The Morgan fingerprint density at radius 1 is 0.938 bits per heavy atom. The largest absolute Gasteiger partial charge is 0.496 e. The van der Waals surface area contributed by atoms with Crippen LogP contribution < -0.4 is 4.74 Å². The van der Waals surface area contributed by atoms with Crippen LogP contribution in [-0.2, 0) is 0 Å². The second-order valence-corrected chi connectivity index (χ2v) is 4.81. The molecule has 86 valence electrons. The fourth-order valence-electron chi connectivity index (χ4n) is 1.66. The maximum absolute atomic E-state index is 9.30. The topological polar surface area (TPSA) is 69.9 Å². The van der Waals surface area contributed by atoms with Crippen molar-refractivity contribution >= 4 is 21.6 Å². The quantitative estimate of drug-likeness (QED) is 0.752. The van der Waals surface area contributed by atoms with E-state index in [1.54, 1.807) is 31.4 Å². The van der Waals surface area contributed by atoms with Crippen LogP contribution in [0.4, 0.5) is 0 Å². The molecule has 0 aromatic heterocycles. The predicted octanol–water partition coefficient (Wildman–Crippen LogP) is 3.43. The molecule has 16 heavy (non-hydrogen) atoms. The van der Waals surface area contributed by atoms with Crippen molar-refractivity contribution in [2.45, 2.75) is 4.90 Å². The van der Waals surface area contributed by atoms with E-state index in [9.17, 15) is 13.7 Å². The number of hydrogen-bond acceptors (Lipinski definition) is 4. The fourth-order valence-corrected chi connectivity index (χ4v) is 2.38. The minimum atomic E-state index is -3.71. The Morgan fingerprint density at radius 3 is 2.12 bits per heavy atom. The van der Waals surface area contributed by atoms with Crippen LogP contribution in [0, 0.1) is 0 Å². The molecule has 0 radical (unpaired) electrons. The van der Waals surface area contributed by atoms with Gasteiger partial charge in [-0.1, -0.05) is 24.3 Å². The molecule has 0 bridgehead atoms. The average molecular weight is 240 g/mol. The molecule has 3 N–H and O–H groups in total. The van der Waals surface area contributed by atoms with Crippen LogP contribution in [0.25, 0.3) is 10.8 Å². The van der Waals surface area contributed by atoms with Gasteiger partial charge in [0.05, 0.1) is 12.0 Å². The number of fused-ring (bicyclic) bond motifs is 1. The maximum atomic E-state index is 9.30. The Balaban J connectivity index is 2.80. The van der Waals surface area contributed by atoms with Gasteiger partial charge in [-0.2, -0.15) is 0 Å². The Labute approximate surface area is 94.7 Å². The van der Waals surface area contributed by atoms with E-state index in [0.29, 0.717) is 11.1 Å². The molecule has 0 aliphatic heterocycles. The standard InChI is InChI=1S/C11H12O4S/c1-15-10-6-7-11(16(12,13)14)9-5-3-2-4-8(9)10/h2-7,12-14H,1H3. The summed E-state index contributed by atoms with van der Waals surface area (Å²) in [6.07, 6.45) is 0. The van der Waals surface area contributed by atoms with E-state index in [4.69, 9.17) is 4.74 Å². The van der Waals surface area contributed by atoms with Crippen LogP contribution in [0.15, 0.2) is 41.3 Å². The first-order valence-electron chi connectivity index (χ1n) is 4.60. The molecule has 0 amide bonds. The van der Waals surface area contributed by atoms with E-state index < -0.39 is 10.9 Å². The molecule has 0 atom stereocenters. The number of rotatable bonds is 2. The SMILES string of the molecule is COc1ccc(S(O)(O)O)c2ccccc12. The van der Waals surface area contributed by atoms with Crippen LogP contribution in [-0.4, -0.2) is 20.8 Å². The highest BCUT2D eigenvalue weighted by atomic mass is 32.3. The van der Waals surface area contributed by atoms with Gasteiger partial charge in [-0.15, -0.1) is 0 Å². The zero-order valence-electron chi connectivity index (χ0n) is 8.62. The Hall–Kier alpha value is -1.27. The van der Waals surface area contributed by atoms with Gasteiger partial charge in [0.15, 0.2) is 0 Å². The molecule has 0 heterocycles. The lowest BCUT2D eigenvalue weighted by atomic mass is 10.1. The van der Waals surface area contributed by atoms with E-state index in [1.807, 2.05) is 6.07 Å². The summed E-state index contributed by atoms with van der Waals surface area (Å²) in [5, 5.41) is 1.31. The van der Waals surface area contributed by atoms with Gasteiger partial charge in [-0.05, 0) is 12.1 Å². The Bertz CT molecular complexity index is 519. The van der Waals surface area contributed by atoms with E-state index >= 15 is 0 Å². The van der Waals surface area contributed by atoms with Crippen molar-refractivity contribution in [2.75, 3.05) is 7.11 Å². The summed E-state index contributed by atoms with van der Waals surface area (Å²) >= 11 is 0. The molecule has 2 aromatic carbocycles. The zero-order valence-corrected chi connectivity index (χ0v) is 9.44. The predicted molar refractivity (Wildman–Crippen MR) is 64.2 cm³/mol. The summed E-state index contributed by atoms with van der Waals surface area (Å²) in [4.78, 5) is 0.115. The Morgan fingerprint density at radius 2 is 1.56 bits per heavy atom.